The number of benzene rings is 1. The molecule has 0 aromatic heterocycles. The summed E-state index contributed by atoms with van der Waals surface area (Å²) >= 11 is 9.79. The van der Waals surface area contributed by atoms with Crippen molar-refractivity contribution in [2.75, 3.05) is 4.31 Å². The standard InChI is InChI=1S/C12H12Cl2N2O3S/c1-12(2,3)16-11(18)10(17)15(20(16)19)9-5-7(13)4-8(14)6-9/h4-6H,1-3H3. The van der Waals surface area contributed by atoms with Crippen molar-refractivity contribution in [2.24, 2.45) is 0 Å². The topological polar surface area (TPSA) is 57.7 Å². The van der Waals surface area contributed by atoms with Crippen LogP contribution in [0.1, 0.15) is 20.8 Å². The predicted octanol–water partition coefficient (Wildman–Crippen LogP) is 2.55. The molecule has 0 aliphatic carbocycles. The number of hydrogen-bond donors (Lipinski definition) is 0. The van der Waals surface area contributed by atoms with Crippen LogP contribution in [0.2, 0.25) is 10.0 Å². The van der Waals surface area contributed by atoms with Crippen molar-refractivity contribution in [3.05, 3.63) is 28.2 Å². The van der Waals surface area contributed by atoms with E-state index in [1.54, 1.807) is 20.8 Å². The van der Waals surface area contributed by atoms with Crippen molar-refractivity contribution in [1.29, 1.82) is 0 Å². The molecule has 2 rings (SSSR count). The fourth-order valence-corrected chi connectivity index (χ4v) is 3.67. The molecule has 0 bridgehead atoms. The van der Waals surface area contributed by atoms with Gasteiger partial charge in [0.05, 0.1) is 11.2 Å². The largest absolute Gasteiger partial charge is 0.330 e. The maximum atomic E-state index is 12.4. The molecule has 1 saturated heterocycles. The Balaban J connectivity index is 2.51. The van der Waals surface area contributed by atoms with Gasteiger partial charge in [0, 0.05) is 10.0 Å². The van der Waals surface area contributed by atoms with Crippen molar-refractivity contribution >= 4 is 51.9 Å². The van der Waals surface area contributed by atoms with Gasteiger partial charge in [0.15, 0.2) is 0 Å². The van der Waals surface area contributed by atoms with Gasteiger partial charge in [-0.25, -0.2) is 12.8 Å². The van der Waals surface area contributed by atoms with E-state index in [0.717, 1.165) is 8.61 Å². The van der Waals surface area contributed by atoms with Crippen molar-refractivity contribution in [3.63, 3.8) is 0 Å². The first-order chi connectivity index (χ1) is 9.12. The molecule has 1 fully saturated rings. The van der Waals surface area contributed by atoms with Crippen LogP contribution in [0.3, 0.4) is 0 Å². The predicted molar refractivity (Wildman–Crippen MR) is 78.7 cm³/mol. The number of hydrogen-bond acceptors (Lipinski definition) is 3. The van der Waals surface area contributed by atoms with Gasteiger partial charge in [-0.3, -0.25) is 9.59 Å². The van der Waals surface area contributed by atoms with Crippen LogP contribution in [0.4, 0.5) is 5.69 Å². The molecule has 1 unspecified atom stereocenters. The fraction of sp³-hybridized carbons (Fsp3) is 0.333. The van der Waals surface area contributed by atoms with E-state index in [9.17, 15) is 13.8 Å². The summed E-state index contributed by atoms with van der Waals surface area (Å²) in [6, 6.07) is 4.35. The molecule has 1 heterocycles. The number of halogens is 2. The third-order valence-electron chi connectivity index (χ3n) is 2.56. The Morgan fingerprint density at radius 3 is 1.90 bits per heavy atom. The molecule has 0 radical (unpaired) electrons. The summed E-state index contributed by atoms with van der Waals surface area (Å²) in [5, 5.41) is 0.581. The van der Waals surface area contributed by atoms with E-state index < -0.39 is 28.5 Å². The number of carbonyl (C=O) groups is 2. The van der Waals surface area contributed by atoms with Crippen molar-refractivity contribution < 1.29 is 13.8 Å². The average Bonchev–Trinajstić information content (AvgIpc) is 2.47. The van der Waals surface area contributed by atoms with Gasteiger partial charge in [-0.15, -0.1) is 0 Å². The fourth-order valence-electron chi connectivity index (χ4n) is 1.80. The highest BCUT2D eigenvalue weighted by Gasteiger charge is 2.49. The Morgan fingerprint density at radius 1 is 1.00 bits per heavy atom. The van der Waals surface area contributed by atoms with E-state index in [4.69, 9.17) is 23.2 Å². The summed E-state index contributed by atoms with van der Waals surface area (Å²) in [5.74, 6) is -1.68. The minimum Gasteiger partial charge on any atom is -0.262 e. The zero-order chi connectivity index (χ0) is 15.2. The molecule has 1 aromatic rings. The average molecular weight is 335 g/mol. The Morgan fingerprint density at radius 2 is 1.50 bits per heavy atom. The zero-order valence-electron chi connectivity index (χ0n) is 11.0. The summed E-state index contributed by atoms with van der Waals surface area (Å²) < 4.78 is 14.4. The van der Waals surface area contributed by atoms with Crippen LogP contribution in [0.25, 0.3) is 0 Å². The Hall–Kier alpha value is -1.11. The molecular weight excluding hydrogens is 323 g/mol. The highest BCUT2D eigenvalue weighted by atomic mass is 35.5. The maximum absolute atomic E-state index is 12.4. The number of amides is 2. The monoisotopic (exact) mass is 334 g/mol. The highest BCUT2D eigenvalue weighted by Crippen LogP contribution is 2.32. The van der Waals surface area contributed by atoms with Crippen molar-refractivity contribution in [2.45, 2.75) is 26.3 Å². The second-order valence-corrected chi connectivity index (χ2v) is 7.29. The van der Waals surface area contributed by atoms with Gasteiger partial charge >= 0.3 is 11.8 Å². The first kappa shape index (κ1) is 15.3. The number of rotatable bonds is 1. The summed E-state index contributed by atoms with van der Waals surface area (Å²) in [5.41, 5.74) is -0.514. The second kappa shape index (κ2) is 5.02. The first-order valence-electron chi connectivity index (χ1n) is 5.69. The van der Waals surface area contributed by atoms with Gasteiger partial charge in [0.1, 0.15) is 0 Å². The van der Waals surface area contributed by atoms with Crippen LogP contribution in [0.15, 0.2) is 18.2 Å². The Kier molecular flexibility index (Phi) is 3.83. The lowest BCUT2D eigenvalue weighted by Gasteiger charge is -2.28. The van der Waals surface area contributed by atoms with Gasteiger partial charge in [0.2, 0.25) is 11.2 Å². The van der Waals surface area contributed by atoms with E-state index in [-0.39, 0.29) is 5.69 Å². The minimum atomic E-state index is -1.95. The number of nitrogens with zero attached hydrogens (tertiary/aromatic N) is 2. The van der Waals surface area contributed by atoms with E-state index in [0.29, 0.717) is 10.0 Å². The van der Waals surface area contributed by atoms with Crippen LogP contribution in [-0.2, 0) is 20.8 Å². The molecule has 1 aromatic carbocycles. The minimum absolute atomic E-state index is 0.228. The van der Waals surface area contributed by atoms with Gasteiger partial charge in [-0.05, 0) is 39.0 Å². The van der Waals surface area contributed by atoms with Gasteiger partial charge in [0.25, 0.3) is 0 Å². The van der Waals surface area contributed by atoms with E-state index in [1.807, 2.05) is 0 Å². The van der Waals surface area contributed by atoms with Crippen LogP contribution < -0.4 is 4.31 Å². The maximum Gasteiger partial charge on any atom is 0.330 e. The smallest absolute Gasteiger partial charge is 0.262 e. The van der Waals surface area contributed by atoms with E-state index in [2.05, 4.69) is 0 Å². The Bertz CT molecular complexity index is 607. The normalized spacial score (nSPS) is 19.9. The summed E-state index contributed by atoms with van der Waals surface area (Å²) in [7, 11) is 0. The number of carbonyl (C=O) groups excluding carboxylic acids is 2. The summed E-state index contributed by atoms with van der Waals surface area (Å²) in [4.78, 5) is 24.0. The quantitative estimate of drug-likeness (QED) is 0.741. The van der Waals surface area contributed by atoms with Gasteiger partial charge in [-0.2, -0.15) is 0 Å². The first-order valence-corrected chi connectivity index (χ1v) is 7.51. The molecule has 2 amide bonds. The molecule has 1 atom stereocenters. The van der Waals surface area contributed by atoms with Crippen LogP contribution in [0.5, 0.6) is 0 Å². The van der Waals surface area contributed by atoms with Crippen LogP contribution in [0, 0.1) is 0 Å². The molecule has 0 saturated carbocycles. The zero-order valence-corrected chi connectivity index (χ0v) is 13.3. The lowest BCUT2D eigenvalue weighted by molar-refractivity contribution is -0.140. The lowest BCUT2D eigenvalue weighted by Crippen LogP contribution is -2.43. The second-order valence-electron chi connectivity index (χ2n) is 5.23. The molecule has 20 heavy (non-hydrogen) atoms. The third kappa shape index (κ3) is 2.55. The van der Waals surface area contributed by atoms with E-state index >= 15 is 0 Å². The molecular formula is C12H12Cl2N2O3S. The third-order valence-corrected chi connectivity index (χ3v) is 4.71. The molecule has 5 nitrogen and oxygen atoms in total. The van der Waals surface area contributed by atoms with Gasteiger partial charge in [-0.1, -0.05) is 23.2 Å². The van der Waals surface area contributed by atoms with Gasteiger partial charge < -0.3 is 0 Å². The Labute approximate surface area is 129 Å². The molecule has 1 aliphatic heterocycles. The highest BCUT2D eigenvalue weighted by molar-refractivity contribution is 7.87. The SMILES string of the molecule is CC(C)(C)N1C(=O)C(=O)N(c2cc(Cl)cc(Cl)c2)S1=O. The van der Waals surface area contributed by atoms with Crippen LogP contribution >= 0.6 is 23.2 Å². The molecule has 1 aliphatic rings. The van der Waals surface area contributed by atoms with Crippen molar-refractivity contribution in [3.8, 4) is 0 Å². The lowest BCUT2D eigenvalue weighted by atomic mass is 10.1. The summed E-state index contributed by atoms with van der Waals surface area (Å²) in [6.07, 6.45) is 0. The van der Waals surface area contributed by atoms with Crippen LogP contribution in [-0.4, -0.2) is 25.9 Å². The molecule has 8 heteroatoms. The summed E-state index contributed by atoms with van der Waals surface area (Å²) in [6.45, 7) is 5.10. The number of anilines is 1. The van der Waals surface area contributed by atoms with E-state index in [1.165, 1.54) is 18.2 Å². The van der Waals surface area contributed by atoms with Crippen molar-refractivity contribution in [1.82, 2.24) is 4.31 Å². The molecule has 0 spiro atoms. The molecule has 108 valence electrons. The molecule has 0 N–H and O–H groups in total.